The van der Waals surface area contributed by atoms with Crippen molar-refractivity contribution >= 4 is 35.2 Å². The maximum atomic E-state index is 12.0. The maximum Gasteiger partial charge on any atom is 0.349 e. The molecule has 0 aromatic carbocycles. The molecule has 0 amide bonds. The van der Waals surface area contributed by atoms with Crippen LogP contribution in [0.1, 0.15) is 5.82 Å². The van der Waals surface area contributed by atoms with Crippen LogP contribution in [0.2, 0.25) is 0 Å². The Bertz CT molecular complexity index is 927. The molecule has 20 heavy (non-hydrogen) atoms. The van der Waals surface area contributed by atoms with E-state index in [0.29, 0.717) is 0 Å². The Kier molecular flexibility index (Phi) is 3.60. The molecule has 0 aliphatic rings. The Balaban J connectivity index is 2.50. The molecule has 2 aromatic heterocycles. The van der Waals surface area contributed by atoms with Crippen LogP contribution in [0.25, 0.3) is 5.65 Å². The van der Waals surface area contributed by atoms with Gasteiger partial charge in [0.2, 0.25) is 9.05 Å². The predicted molar refractivity (Wildman–Crippen MR) is 70.0 cm³/mol. The summed E-state index contributed by atoms with van der Waals surface area (Å²) in [7, 11) is -2.89. The molecule has 0 unspecified atom stereocenters. The van der Waals surface area contributed by atoms with Gasteiger partial charge in [0.25, 0.3) is 0 Å². The molecule has 0 fully saturated rings. The van der Waals surface area contributed by atoms with Crippen LogP contribution in [0.5, 0.6) is 0 Å². The minimum absolute atomic E-state index is 0.0785. The van der Waals surface area contributed by atoms with Crippen LogP contribution in [-0.2, 0) is 18.9 Å². The van der Waals surface area contributed by atoms with Crippen LogP contribution in [-0.4, -0.2) is 47.9 Å². The van der Waals surface area contributed by atoms with Crippen LogP contribution in [0, 0.1) is 6.92 Å². The van der Waals surface area contributed by atoms with E-state index in [2.05, 4.69) is 15.2 Å². The number of aryl methyl sites for hydroxylation is 1. The van der Waals surface area contributed by atoms with Gasteiger partial charge in [0.1, 0.15) is 5.82 Å². The highest BCUT2D eigenvalue weighted by Gasteiger charge is 2.22. The molecule has 0 saturated carbocycles. The number of aromatic amines is 1. The molecule has 12 heteroatoms. The van der Waals surface area contributed by atoms with Crippen LogP contribution in [0.3, 0.4) is 0 Å². The van der Waals surface area contributed by atoms with Gasteiger partial charge in [-0.05, 0) is 6.92 Å². The summed E-state index contributed by atoms with van der Waals surface area (Å²) in [4.78, 5) is 15.2. The molecule has 0 bridgehead atoms. The molecule has 110 valence electrons. The number of aromatic nitrogens is 4. The van der Waals surface area contributed by atoms with E-state index in [4.69, 9.17) is 10.7 Å². The van der Waals surface area contributed by atoms with E-state index < -0.39 is 36.1 Å². The number of rotatable bonds is 4. The number of hydrogen-bond donors (Lipinski definition) is 1. The van der Waals surface area contributed by atoms with Crippen molar-refractivity contribution < 1.29 is 16.8 Å². The quantitative estimate of drug-likeness (QED) is 0.561. The van der Waals surface area contributed by atoms with E-state index in [1.54, 1.807) is 0 Å². The summed E-state index contributed by atoms with van der Waals surface area (Å²) in [5.74, 6) is -1.31. The normalized spacial score (nSPS) is 12.9. The molecular formula is C8H9ClN4O5S2. The van der Waals surface area contributed by atoms with Crippen molar-refractivity contribution in [3.05, 3.63) is 22.4 Å². The second-order valence-electron chi connectivity index (χ2n) is 3.93. The van der Waals surface area contributed by atoms with Crippen molar-refractivity contribution in [2.24, 2.45) is 0 Å². The molecule has 2 aromatic rings. The van der Waals surface area contributed by atoms with Gasteiger partial charge in [-0.1, -0.05) is 0 Å². The van der Waals surface area contributed by atoms with Gasteiger partial charge >= 0.3 is 5.69 Å². The maximum absolute atomic E-state index is 12.0. The molecular weight excluding hydrogens is 332 g/mol. The number of sulfone groups is 1. The minimum atomic E-state index is -3.94. The zero-order chi connectivity index (χ0) is 15.1. The third-order valence-electron chi connectivity index (χ3n) is 2.46. The molecule has 2 heterocycles. The second-order valence-corrected chi connectivity index (χ2v) is 8.88. The van der Waals surface area contributed by atoms with Crippen LogP contribution in [0.15, 0.2) is 15.9 Å². The zero-order valence-corrected chi connectivity index (χ0v) is 12.5. The largest absolute Gasteiger partial charge is 0.349 e. The van der Waals surface area contributed by atoms with Gasteiger partial charge in [-0.15, -0.1) is 0 Å². The molecule has 0 aliphatic heterocycles. The first-order valence-corrected chi connectivity index (χ1v) is 9.33. The van der Waals surface area contributed by atoms with E-state index >= 15 is 0 Å². The molecule has 9 nitrogen and oxygen atoms in total. The van der Waals surface area contributed by atoms with Gasteiger partial charge in [-0.3, -0.25) is 0 Å². The van der Waals surface area contributed by atoms with Gasteiger partial charge in [0.15, 0.2) is 20.5 Å². The first-order valence-electron chi connectivity index (χ1n) is 5.20. The number of fused-ring (bicyclic) bond motifs is 1. The Morgan fingerprint density at radius 2 is 1.95 bits per heavy atom. The van der Waals surface area contributed by atoms with E-state index in [0.717, 1.165) is 10.5 Å². The van der Waals surface area contributed by atoms with E-state index in [1.807, 2.05) is 0 Å². The Hall–Kier alpha value is -1.46. The molecule has 0 aliphatic carbocycles. The lowest BCUT2D eigenvalue weighted by Crippen LogP contribution is -2.18. The molecule has 0 radical (unpaired) electrons. The van der Waals surface area contributed by atoms with Crippen molar-refractivity contribution in [3.8, 4) is 0 Å². The number of H-pyrrole nitrogens is 1. The Labute approximate surface area is 117 Å². The van der Waals surface area contributed by atoms with E-state index in [-0.39, 0.29) is 16.5 Å². The highest BCUT2D eigenvalue weighted by Crippen LogP contribution is 2.12. The lowest BCUT2D eigenvalue weighted by Gasteiger charge is -2.04. The number of halogens is 1. The highest BCUT2D eigenvalue weighted by atomic mass is 35.7. The summed E-state index contributed by atoms with van der Waals surface area (Å²) < 4.78 is 46.7. The molecule has 0 atom stereocenters. The monoisotopic (exact) mass is 340 g/mol. The fourth-order valence-electron chi connectivity index (χ4n) is 1.54. The van der Waals surface area contributed by atoms with E-state index in [1.165, 1.54) is 6.92 Å². The predicted octanol–water partition coefficient (Wildman–Crippen LogP) is -0.932. The van der Waals surface area contributed by atoms with Crippen molar-refractivity contribution in [1.82, 2.24) is 19.6 Å². The van der Waals surface area contributed by atoms with Gasteiger partial charge in [-0.25, -0.2) is 36.1 Å². The molecule has 2 rings (SSSR count). The second kappa shape index (κ2) is 4.82. The summed E-state index contributed by atoms with van der Waals surface area (Å²) in [6.45, 7) is 1.43. The van der Waals surface area contributed by atoms with Crippen LogP contribution >= 0.6 is 10.7 Å². The summed E-state index contributed by atoms with van der Waals surface area (Å²) in [6, 6.07) is 1.08. The van der Waals surface area contributed by atoms with E-state index in [9.17, 15) is 21.6 Å². The lowest BCUT2D eigenvalue weighted by molar-refractivity contribution is 0.588. The Morgan fingerprint density at radius 1 is 1.30 bits per heavy atom. The summed E-state index contributed by atoms with van der Waals surface area (Å²) >= 11 is 0. The van der Waals surface area contributed by atoms with Crippen LogP contribution < -0.4 is 5.69 Å². The number of hydrogen-bond acceptors (Lipinski definition) is 7. The Morgan fingerprint density at radius 3 is 2.55 bits per heavy atom. The number of nitrogens with one attached hydrogen (secondary N) is 1. The van der Waals surface area contributed by atoms with Crippen molar-refractivity contribution in [2.45, 2.75) is 11.9 Å². The topological polar surface area (TPSA) is 131 Å². The standard InChI is InChI=1S/C8H9ClN4O5S2/c1-5-10-7(4-6-11-12-8(14)13(5)6)19(15,16)2-3-20(9,17)18/h4H,2-3H2,1H3,(H,12,14). The summed E-state index contributed by atoms with van der Waals surface area (Å²) in [6.07, 6.45) is 0. The van der Waals surface area contributed by atoms with Crippen molar-refractivity contribution in [1.29, 1.82) is 0 Å². The summed E-state index contributed by atoms with van der Waals surface area (Å²) in [5.41, 5.74) is -0.466. The fourth-order valence-corrected chi connectivity index (χ4v) is 4.55. The molecule has 1 N–H and O–H groups in total. The highest BCUT2D eigenvalue weighted by molar-refractivity contribution is 8.14. The van der Waals surface area contributed by atoms with Gasteiger partial charge in [0, 0.05) is 16.7 Å². The summed E-state index contributed by atoms with van der Waals surface area (Å²) in [5, 5.41) is 5.44. The molecule has 0 saturated heterocycles. The van der Waals surface area contributed by atoms with Gasteiger partial charge in [-0.2, -0.15) is 5.10 Å². The molecule has 0 spiro atoms. The van der Waals surface area contributed by atoms with Crippen molar-refractivity contribution in [2.75, 3.05) is 11.5 Å². The third kappa shape index (κ3) is 2.99. The van der Waals surface area contributed by atoms with Crippen LogP contribution in [0.4, 0.5) is 0 Å². The number of nitrogens with zero attached hydrogens (tertiary/aromatic N) is 3. The third-order valence-corrected chi connectivity index (χ3v) is 5.46. The first kappa shape index (κ1) is 14.9. The van der Waals surface area contributed by atoms with Gasteiger partial charge in [0.05, 0.1) is 11.5 Å². The van der Waals surface area contributed by atoms with Gasteiger partial charge < -0.3 is 0 Å². The lowest BCUT2D eigenvalue weighted by atomic mass is 10.5. The van der Waals surface area contributed by atoms with Crippen molar-refractivity contribution in [3.63, 3.8) is 0 Å². The average molecular weight is 341 g/mol. The fraction of sp³-hybridized carbons (Fsp3) is 0.375. The average Bonchev–Trinajstić information content (AvgIpc) is 2.68. The smallest absolute Gasteiger partial charge is 0.246 e. The zero-order valence-electron chi connectivity index (χ0n) is 10.1. The minimum Gasteiger partial charge on any atom is -0.246 e. The first-order chi connectivity index (χ1) is 9.10. The SMILES string of the molecule is Cc1nc(S(=O)(=O)CCS(=O)(=O)Cl)cc2n[nH]c(=O)n12.